The lowest BCUT2D eigenvalue weighted by Crippen LogP contribution is -2.40. The van der Waals surface area contributed by atoms with E-state index in [0.29, 0.717) is 13.2 Å². The summed E-state index contributed by atoms with van der Waals surface area (Å²) >= 11 is 0. The molecule has 0 aliphatic rings. The van der Waals surface area contributed by atoms with Crippen molar-refractivity contribution in [3.05, 3.63) is 48.3 Å². The zero-order valence-corrected chi connectivity index (χ0v) is 14.1. The number of hydrogen-bond donors (Lipinski definition) is 1. The van der Waals surface area contributed by atoms with Crippen LogP contribution in [0.5, 0.6) is 5.75 Å². The summed E-state index contributed by atoms with van der Waals surface area (Å²) in [6, 6.07) is 11.8. The summed E-state index contributed by atoms with van der Waals surface area (Å²) in [6.45, 7) is 4.85. The van der Waals surface area contributed by atoms with E-state index in [4.69, 9.17) is 4.74 Å². The van der Waals surface area contributed by atoms with Gasteiger partial charge in [-0.15, -0.1) is 0 Å². The molecule has 6 nitrogen and oxygen atoms in total. The average molecular weight is 315 g/mol. The van der Waals surface area contributed by atoms with Crippen molar-refractivity contribution in [3.63, 3.8) is 0 Å². The first-order chi connectivity index (χ1) is 11.2. The van der Waals surface area contributed by atoms with Gasteiger partial charge in [0, 0.05) is 26.8 Å². The highest BCUT2D eigenvalue weighted by molar-refractivity contribution is 5.79. The van der Waals surface area contributed by atoms with Gasteiger partial charge in [-0.2, -0.15) is 5.10 Å². The van der Waals surface area contributed by atoms with E-state index in [1.54, 1.807) is 6.20 Å². The van der Waals surface area contributed by atoms with Gasteiger partial charge in [-0.3, -0.25) is 4.68 Å². The molecule has 0 amide bonds. The lowest BCUT2D eigenvalue weighted by atomic mass is 10.3. The molecule has 0 radical (unpaired) electrons. The molecule has 0 unspecified atom stereocenters. The second-order valence-corrected chi connectivity index (χ2v) is 5.20. The average Bonchev–Trinajstić information content (AvgIpc) is 2.97. The van der Waals surface area contributed by atoms with E-state index in [1.165, 1.54) is 0 Å². The van der Waals surface area contributed by atoms with Crippen LogP contribution in [0.4, 0.5) is 0 Å². The lowest BCUT2D eigenvalue weighted by Gasteiger charge is -2.22. The van der Waals surface area contributed by atoms with Crippen LogP contribution in [-0.2, 0) is 13.6 Å². The van der Waals surface area contributed by atoms with Gasteiger partial charge in [0.2, 0.25) is 0 Å². The minimum atomic E-state index is 0.600. The molecule has 6 heteroatoms. The Morgan fingerprint density at radius 2 is 2.09 bits per heavy atom. The third kappa shape index (κ3) is 5.32. The Balaban J connectivity index is 1.87. The summed E-state index contributed by atoms with van der Waals surface area (Å²) in [5.41, 5.74) is 1.08. The highest BCUT2D eigenvalue weighted by atomic mass is 16.5. The Kier molecular flexibility index (Phi) is 6.47. The molecule has 2 rings (SSSR count). The fourth-order valence-corrected chi connectivity index (χ4v) is 2.11. The first-order valence-electron chi connectivity index (χ1n) is 7.85. The number of ether oxygens (including phenoxy) is 1. The summed E-state index contributed by atoms with van der Waals surface area (Å²) in [4.78, 5) is 6.73. The van der Waals surface area contributed by atoms with Gasteiger partial charge in [-0.1, -0.05) is 18.2 Å². The van der Waals surface area contributed by atoms with Gasteiger partial charge in [0.15, 0.2) is 5.96 Å². The molecule has 1 heterocycles. The first kappa shape index (κ1) is 16.9. The summed E-state index contributed by atoms with van der Waals surface area (Å²) in [6.07, 6.45) is 1.79. The van der Waals surface area contributed by atoms with Gasteiger partial charge in [0.1, 0.15) is 12.4 Å². The molecule has 0 saturated carbocycles. The second-order valence-electron chi connectivity index (χ2n) is 5.20. The first-order valence-corrected chi connectivity index (χ1v) is 7.85. The molecule has 0 saturated heterocycles. The third-order valence-corrected chi connectivity index (χ3v) is 3.45. The van der Waals surface area contributed by atoms with Gasteiger partial charge < -0.3 is 15.0 Å². The van der Waals surface area contributed by atoms with Crippen molar-refractivity contribution >= 4 is 5.96 Å². The number of guanidine groups is 1. The van der Waals surface area contributed by atoms with Crippen LogP contribution >= 0.6 is 0 Å². The number of benzene rings is 1. The minimum Gasteiger partial charge on any atom is -0.492 e. The monoisotopic (exact) mass is 315 g/mol. The molecule has 0 fully saturated rings. The smallest absolute Gasteiger partial charge is 0.194 e. The molecule has 0 atom stereocenters. The van der Waals surface area contributed by atoms with Crippen LogP contribution in [0.2, 0.25) is 0 Å². The summed E-state index contributed by atoms with van der Waals surface area (Å²) < 4.78 is 7.57. The van der Waals surface area contributed by atoms with Crippen LogP contribution in [0.15, 0.2) is 47.6 Å². The number of rotatable bonds is 7. The number of hydrogen-bond acceptors (Lipinski definition) is 3. The maximum absolute atomic E-state index is 5.74. The molecule has 2 aromatic rings. The molecule has 0 aliphatic carbocycles. The minimum absolute atomic E-state index is 0.600. The molecular formula is C17H25N5O. The predicted molar refractivity (Wildman–Crippen MR) is 92.6 cm³/mol. The largest absolute Gasteiger partial charge is 0.492 e. The summed E-state index contributed by atoms with van der Waals surface area (Å²) in [5, 5.41) is 7.47. The van der Waals surface area contributed by atoms with Crippen LogP contribution in [-0.4, -0.2) is 47.4 Å². The van der Waals surface area contributed by atoms with Gasteiger partial charge in [-0.05, 0) is 25.1 Å². The van der Waals surface area contributed by atoms with Crippen molar-refractivity contribution in [3.8, 4) is 5.75 Å². The molecule has 0 spiro atoms. The van der Waals surface area contributed by atoms with Gasteiger partial charge in [0.25, 0.3) is 0 Å². The van der Waals surface area contributed by atoms with Crippen LogP contribution < -0.4 is 10.1 Å². The second kappa shape index (κ2) is 8.82. The molecule has 1 aromatic heterocycles. The zero-order valence-electron chi connectivity index (χ0n) is 14.1. The van der Waals surface area contributed by atoms with E-state index in [2.05, 4.69) is 27.2 Å². The number of para-hydroxylation sites is 1. The molecule has 124 valence electrons. The number of nitrogens with zero attached hydrogens (tertiary/aromatic N) is 4. The van der Waals surface area contributed by atoms with Gasteiger partial charge >= 0.3 is 0 Å². The van der Waals surface area contributed by atoms with E-state index >= 15 is 0 Å². The van der Waals surface area contributed by atoms with Crippen molar-refractivity contribution in [1.82, 2.24) is 20.0 Å². The van der Waals surface area contributed by atoms with Crippen LogP contribution in [0.25, 0.3) is 0 Å². The molecule has 0 bridgehead atoms. The molecule has 0 aliphatic heterocycles. The van der Waals surface area contributed by atoms with E-state index in [0.717, 1.165) is 30.5 Å². The van der Waals surface area contributed by atoms with E-state index in [-0.39, 0.29) is 0 Å². The quantitative estimate of drug-likeness (QED) is 0.626. The Morgan fingerprint density at radius 3 is 2.74 bits per heavy atom. The highest BCUT2D eigenvalue weighted by Gasteiger charge is 2.06. The van der Waals surface area contributed by atoms with Crippen molar-refractivity contribution in [2.75, 3.05) is 26.7 Å². The molecule has 1 N–H and O–H groups in total. The van der Waals surface area contributed by atoms with Crippen molar-refractivity contribution in [2.45, 2.75) is 13.5 Å². The maximum Gasteiger partial charge on any atom is 0.194 e. The predicted octanol–water partition coefficient (Wildman–Crippen LogP) is 1.90. The highest BCUT2D eigenvalue weighted by Crippen LogP contribution is 2.08. The van der Waals surface area contributed by atoms with E-state index in [9.17, 15) is 0 Å². The molecule has 23 heavy (non-hydrogen) atoms. The number of aromatic nitrogens is 2. The Morgan fingerprint density at radius 1 is 1.30 bits per heavy atom. The Hall–Kier alpha value is -2.50. The van der Waals surface area contributed by atoms with Crippen LogP contribution in [0, 0.1) is 0 Å². The fraction of sp³-hybridized carbons (Fsp3) is 0.412. The lowest BCUT2D eigenvalue weighted by molar-refractivity contribution is 0.281. The third-order valence-electron chi connectivity index (χ3n) is 3.45. The van der Waals surface area contributed by atoms with Crippen LogP contribution in [0.1, 0.15) is 12.6 Å². The number of nitrogens with one attached hydrogen (secondary N) is 1. The summed E-state index contributed by atoms with van der Waals surface area (Å²) in [7, 11) is 3.94. The fourth-order valence-electron chi connectivity index (χ4n) is 2.11. The number of aryl methyl sites for hydroxylation is 1. The maximum atomic E-state index is 5.74. The van der Waals surface area contributed by atoms with Crippen LogP contribution in [0.3, 0.4) is 0 Å². The number of aliphatic imine (C=N–C) groups is 1. The topological polar surface area (TPSA) is 54.7 Å². The van der Waals surface area contributed by atoms with E-state index in [1.807, 2.05) is 55.2 Å². The Labute approximate surface area is 137 Å². The standard InChI is InChI=1S/C17H25N5O/c1-4-18-17(19-14-15-10-11-20-22(15)3)21(2)12-13-23-16-8-6-5-7-9-16/h5-11H,4,12-14H2,1-3H3,(H,18,19). The molecular weight excluding hydrogens is 290 g/mol. The Bertz CT molecular complexity index is 608. The van der Waals surface area contributed by atoms with E-state index < -0.39 is 0 Å². The summed E-state index contributed by atoms with van der Waals surface area (Å²) in [5.74, 6) is 1.75. The molecule has 1 aromatic carbocycles. The van der Waals surface area contributed by atoms with Gasteiger partial charge in [0.05, 0.1) is 18.8 Å². The zero-order chi connectivity index (χ0) is 16.5. The normalized spacial score (nSPS) is 11.3. The van der Waals surface area contributed by atoms with Crippen molar-refractivity contribution in [1.29, 1.82) is 0 Å². The number of likely N-dealkylation sites (N-methyl/N-ethyl adjacent to an activating group) is 1. The SMILES string of the molecule is CCNC(=NCc1ccnn1C)N(C)CCOc1ccccc1. The van der Waals surface area contributed by atoms with Crippen molar-refractivity contribution in [2.24, 2.45) is 12.0 Å². The van der Waals surface area contributed by atoms with Crippen molar-refractivity contribution < 1.29 is 4.74 Å². The van der Waals surface area contributed by atoms with Gasteiger partial charge in [-0.25, -0.2) is 4.99 Å².